The van der Waals surface area contributed by atoms with Crippen molar-refractivity contribution in [2.75, 3.05) is 19.6 Å². The van der Waals surface area contributed by atoms with Gasteiger partial charge in [-0.05, 0) is 26.3 Å². The van der Waals surface area contributed by atoms with E-state index in [0.717, 1.165) is 36.5 Å². The Hall–Kier alpha value is -0.540. The van der Waals surface area contributed by atoms with E-state index in [1.165, 1.54) is 11.3 Å². The first-order valence-corrected chi connectivity index (χ1v) is 9.73. The van der Waals surface area contributed by atoms with Crippen molar-refractivity contribution in [2.24, 2.45) is 0 Å². The predicted molar refractivity (Wildman–Crippen MR) is 85.5 cm³/mol. The van der Waals surface area contributed by atoms with Gasteiger partial charge >= 0.3 is 0 Å². The van der Waals surface area contributed by atoms with E-state index in [0.29, 0.717) is 13.1 Å². The number of aryl methyl sites for hydroxylation is 1. The van der Waals surface area contributed by atoms with E-state index in [9.17, 15) is 8.42 Å². The van der Waals surface area contributed by atoms with Gasteiger partial charge in [0.1, 0.15) is 5.01 Å². The summed E-state index contributed by atoms with van der Waals surface area (Å²) in [6.45, 7) is 6.38. The van der Waals surface area contributed by atoms with E-state index in [4.69, 9.17) is 0 Å². The van der Waals surface area contributed by atoms with E-state index in [-0.39, 0.29) is 12.6 Å². The average molecular weight is 332 g/mol. The molecule has 2 N–H and O–H groups in total. The molecule has 1 unspecified atom stereocenters. The van der Waals surface area contributed by atoms with Gasteiger partial charge in [0.05, 0.1) is 6.54 Å². The first kappa shape index (κ1) is 16.8. The molecule has 1 fully saturated rings. The van der Waals surface area contributed by atoms with Gasteiger partial charge in [-0.2, -0.15) is 17.4 Å². The molecule has 0 aliphatic carbocycles. The second-order valence-corrected chi connectivity index (χ2v) is 7.93. The first-order valence-electron chi connectivity index (χ1n) is 7.41. The van der Waals surface area contributed by atoms with Crippen molar-refractivity contribution in [3.05, 3.63) is 16.1 Å². The summed E-state index contributed by atoms with van der Waals surface area (Å²) >= 11 is 1.48. The van der Waals surface area contributed by atoms with Crippen LogP contribution < -0.4 is 10.0 Å². The maximum atomic E-state index is 12.5. The summed E-state index contributed by atoms with van der Waals surface area (Å²) in [6.07, 6.45) is 2.94. The van der Waals surface area contributed by atoms with E-state index < -0.39 is 10.2 Å². The number of rotatable bonds is 7. The third-order valence-corrected chi connectivity index (χ3v) is 6.16. The van der Waals surface area contributed by atoms with Gasteiger partial charge in [-0.25, -0.2) is 4.98 Å². The fourth-order valence-electron chi connectivity index (χ4n) is 2.53. The number of hydrogen-bond donors (Lipinski definition) is 2. The van der Waals surface area contributed by atoms with Gasteiger partial charge in [-0.15, -0.1) is 11.3 Å². The Morgan fingerprint density at radius 1 is 1.48 bits per heavy atom. The Balaban J connectivity index is 1.98. The lowest BCUT2D eigenvalue weighted by Crippen LogP contribution is -2.52. The van der Waals surface area contributed by atoms with Crippen LogP contribution in [0.2, 0.25) is 0 Å². The molecule has 6 nitrogen and oxygen atoms in total. The number of nitrogens with zero attached hydrogens (tertiary/aromatic N) is 2. The lowest BCUT2D eigenvalue weighted by atomic mass is 10.1. The predicted octanol–water partition coefficient (Wildman–Crippen LogP) is 1.25. The summed E-state index contributed by atoms with van der Waals surface area (Å²) in [5, 5.41) is 5.98. The molecule has 120 valence electrons. The van der Waals surface area contributed by atoms with E-state index in [1.54, 1.807) is 4.31 Å². The monoisotopic (exact) mass is 332 g/mol. The smallest absolute Gasteiger partial charge is 0.280 e. The SMILES string of the molecule is CCNCC1CCCCN1S(=O)(=O)NCc1nc(C)cs1. The summed E-state index contributed by atoms with van der Waals surface area (Å²) in [7, 11) is -3.44. The molecule has 0 radical (unpaired) electrons. The zero-order chi connectivity index (χ0) is 15.3. The molecule has 0 bridgehead atoms. The highest BCUT2D eigenvalue weighted by molar-refractivity contribution is 7.87. The number of nitrogens with one attached hydrogen (secondary N) is 2. The molecule has 0 spiro atoms. The minimum Gasteiger partial charge on any atom is -0.315 e. The molecule has 2 rings (SSSR count). The standard InChI is InChI=1S/C13H24N4O2S2/c1-3-14-8-12-6-4-5-7-17(12)21(18,19)15-9-13-16-11(2)10-20-13/h10,12,14-15H,3-9H2,1-2H3. The fraction of sp³-hybridized carbons (Fsp3) is 0.769. The number of aromatic nitrogens is 1. The molecule has 0 saturated carbocycles. The Bertz CT molecular complexity index is 544. The Labute approximate surface area is 131 Å². The molecule has 1 aliphatic rings. The lowest BCUT2D eigenvalue weighted by Gasteiger charge is -2.34. The van der Waals surface area contributed by atoms with Crippen molar-refractivity contribution in [2.45, 2.75) is 45.7 Å². The topological polar surface area (TPSA) is 74.3 Å². The molecule has 1 aromatic heterocycles. The van der Waals surface area contributed by atoms with Crippen LogP contribution >= 0.6 is 11.3 Å². The molecular formula is C13H24N4O2S2. The van der Waals surface area contributed by atoms with Gasteiger partial charge < -0.3 is 5.32 Å². The van der Waals surface area contributed by atoms with Crippen LogP contribution in [0.3, 0.4) is 0 Å². The van der Waals surface area contributed by atoms with Crippen LogP contribution in [-0.4, -0.2) is 43.4 Å². The van der Waals surface area contributed by atoms with Gasteiger partial charge in [-0.3, -0.25) is 0 Å². The highest BCUT2D eigenvalue weighted by Gasteiger charge is 2.31. The zero-order valence-corrected chi connectivity index (χ0v) is 14.3. The Kier molecular flexibility index (Phi) is 6.12. The summed E-state index contributed by atoms with van der Waals surface area (Å²) in [6, 6.07) is 0.0502. The summed E-state index contributed by atoms with van der Waals surface area (Å²) in [5.41, 5.74) is 0.928. The Morgan fingerprint density at radius 2 is 2.29 bits per heavy atom. The molecule has 1 aromatic rings. The number of thiazole rings is 1. The first-order chi connectivity index (χ1) is 10.0. The average Bonchev–Trinajstić information content (AvgIpc) is 2.89. The van der Waals surface area contributed by atoms with Crippen molar-refractivity contribution in [3.63, 3.8) is 0 Å². The molecule has 0 amide bonds. The minimum absolute atomic E-state index is 0.0502. The van der Waals surface area contributed by atoms with Crippen LogP contribution in [0.1, 0.15) is 36.9 Å². The number of hydrogen-bond acceptors (Lipinski definition) is 5. The number of likely N-dealkylation sites (N-methyl/N-ethyl adjacent to an activating group) is 1. The second-order valence-electron chi connectivity index (χ2n) is 5.28. The molecule has 2 heterocycles. The summed E-state index contributed by atoms with van der Waals surface area (Å²) in [5.74, 6) is 0. The van der Waals surface area contributed by atoms with Crippen LogP contribution in [0.4, 0.5) is 0 Å². The van der Waals surface area contributed by atoms with Crippen LogP contribution in [0, 0.1) is 6.92 Å². The Morgan fingerprint density at radius 3 is 2.95 bits per heavy atom. The maximum absolute atomic E-state index is 12.5. The van der Waals surface area contributed by atoms with Crippen molar-refractivity contribution < 1.29 is 8.42 Å². The highest BCUT2D eigenvalue weighted by atomic mass is 32.2. The van der Waals surface area contributed by atoms with Crippen molar-refractivity contribution in [1.82, 2.24) is 19.3 Å². The van der Waals surface area contributed by atoms with Crippen LogP contribution in [0.15, 0.2) is 5.38 Å². The lowest BCUT2D eigenvalue weighted by molar-refractivity contribution is 0.243. The molecule has 0 aromatic carbocycles. The largest absolute Gasteiger partial charge is 0.315 e. The zero-order valence-electron chi connectivity index (χ0n) is 12.6. The van der Waals surface area contributed by atoms with Gasteiger partial charge in [0, 0.05) is 30.2 Å². The number of piperidine rings is 1. The van der Waals surface area contributed by atoms with E-state index >= 15 is 0 Å². The van der Waals surface area contributed by atoms with Crippen molar-refractivity contribution in [3.8, 4) is 0 Å². The minimum atomic E-state index is -3.44. The van der Waals surface area contributed by atoms with Crippen LogP contribution in [0.5, 0.6) is 0 Å². The van der Waals surface area contributed by atoms with Crippen LogP contribution in [0.25, 0.3) is 0 Å². The molecule has 1 atom stereocenters. The van der Waals surface area contributed by atoms with Gasteiger partial charge in [0.2, 0.25) is 0 Å². The van der Waals surface area contributed by atoms with Gasteiger partial charge in [0.15, 0.2) is 0 Å². The van der Waals surface area contributed by atoms with E-state index in [2.05, 4.69) is 15.0 Å². The van der Waals surface area contributed by atoms with Gasteiger partial charge in [-0.1, -0.05) is 13.3 Å². The van der Waals surface area contributed by atoms with Gasteiger partial charge in [0.25, 0.3) is 10.2 Å². The molecule has 1 aliphatic heterocycles. The third-order valence-electron chi connectivity index (χ3n) is 3.58. The maximum Gasteiger partial charge on any atom is 0.280 e. The molecule has 8 heteroatoms. The molecule has 21 heavy (non-hydrogen) atoms. The van der Waals surface area contributed by atoms with Crippen molar-refractivity contribution >= 4 is 21.5 Å². The third kappa shape index (κ3) is 4.72. The van der Waals surface area contributed by atoms with E-state index in [1.807, 2.05) is 19.2 Å². The quantitative estimate of drug-likeness (QED) is 0.788. The van der Waals surface area contributed by atoms with Crippen LogP contribution in [-0.2, 0) is 16.8 Å². The normalized spacial score (nSPS) is 20.8. The summed E-state index contributed by atoms with van der Waals surface area (Å²) < 4.78 is 29.3. The second kappa shape index (κ2) is 7.64. The summed E-state index contributed by atoms with van der Waals surface area (Å²) in [4.78, 5) is 4.29. The molecular weight excluding hydrogens is 308 g/mol. The highest BCUT2D eigenvalue weighted by Crippen LogP contribution is 2.19. The van der Waals surface area contributed by atoms with Crippen molar-refractivity contribution in [1.29, 1.82) is 0 Å². The molecule has 1 saturated heterocycles. The fourth-order valence-corrected chi connectivity index (χ4v) is 4.75.